The Balaban J connectivity index is 2.32. The Kier molecular flexibility index (Phi) is 5.32. The van der Waals surface area contributed by atoms with Crippen molar-refractivity contribution < 1.29 is 4.39 Å². The van der Waals surface area contributed by atoms with Crippen molar-refractivity contribution >= 4 is 0 Å². The Bertz CT molecular complexity index is 118. The molecule has 0 aromatic heterocycles. The number of hydrogen-bond acceptors (Lipinski definition) is 2. The first-order valence-electron chi connectivity index (χ1n) is 5.38. The fourth-order valence-corrected chi connectivity index (χ4v) is 2.20. The molecule has 1 aliphatic carbocycles. The number of hydrogen-bond donors (Lipinski definition) is 1. The second kappa shape index (κ2) is 6.33. The summed E-state index contributed by atoms with van der Waals surface area (Å²) in [5.41, 5.74) is 5.50. The van der Waals surface area contributed by atoms with Crippen LogP contribution in [0.5, 0.6) is 0 Å². The molecule has 1 aliphatic rings. The molecule has 0 amide bonds. The lowest BCUT2D eigenvalue weighted by atomic mass is 9.94. The minimum atomic E-state index is -0.240. The number of nitrogens with two attached hydrogens (primary N) is 1. The van der Waals surface area contributed by atoms with Crippen molar-refractivity contribution in [2.45, 2.75) is 38.1 Å². The van der Waals surface area contributed by atoms with Gasteiger partial charge in [-0.05, 0) is 12.8 Å². The quantitative estimate of drug-likeness (QED) is 0.709. The summed E-state index contributed by atoms with van der Waals surface area (Å²) in [5, 5.41) is 0. The topological polar surface area (TPSA) is 29.3 Å². The maximum Gasteiger partial charge on any atom is 0.102 e. The molecule has 0 atom stereocenters. The molecular formula is C10H21FN2. The van der Waals surface area contributed by atoms with E-state index < -0.39 is 0 Å². The minimum absolute atomic E-state index is 0.240. The first kappa shape index (κ1) is 10.9. The molecule has 78 valence electrons. The van der Waals surface area contributed by atoms with Crippen LogP contribution >= 0.6 is 0 Å². The van der Waals surface area contributed by atoms with E-state index in [9.17, 15) is 4.39 Å². The molecule has 0 aromatic carbocycles. The third-order valence-electron chi connectivity index (χ3n) is 2.88. The van der Waals surface area contributed by atoms with Gasteiger partial charge in [0.05, 0.1) is 0 Å². The van der Waals surface area contributed by atoms with Gasteiger partial charge in [0, 0.05) is 25.7 Å². The predicted octanol–water partition coefficient (Wildman–Crippen LogP) is 1.55. The summed E-state index contributed by atoms with van der Waals surface area (Å²) in [6.45, 7) is 1.84. The molecule has 0 radical (unpaired) electrons. The summed E-state index contributed by atoms with van der Waals surface area (Å²) in [6.07, 6.45) is 6.43. The van der Waals surface area contributed by atoms with Crippen LogP contribution in [0, 0.1) is 0 Å². The molecule has 0 heterocycles. The van der Waals surface area contributed by atoms with Crippen LogP contribution in [0.4, 0.5) is 4.39 Å². The molecule has 1 rings (SSSR count). The number of nitrogens with zero attached hydrogens (tertiary/aromatic N) is 1. The van der Waals surface area contributed by atoms with E-state index in [0.29, 0.717) is 19.1 Å². The Labute approximate surface area is 80.3 Å². The minimum Gasteiger partial charge on any atom is -0.329 e. The van der Waals surface area contributed by atoms with Gasteiger partial charge in [-0.25, -0.2) is 4.39 Å². The largest absolute Gasteiger partial charge is 0.329 e. The zero-order valence-electron chi connectivity index (χ0n) is 8.34. The van der Waals surface area contributed by atoms with E-state index in [1.54, 1.807) is 0 Å². The molecule has 0 saturated heterocycles. The van der Waals surface area contributed by atoms with Crippen LogP contribution in [-0.2, 0) is 0 Å². The number of halogens is 1. The summed E-state index contributed by atoms with van der Waals surface area (Å²) in [5.74, 6) is 0. The SMILES string of the molecule is NCCN(CCF)C1CCCCC1. The van der Waals surface area contributed by atoms with Gasteiger partial charge in [0.1, 0.15) is 6.67 Å². The molecule has 0 unspecified atom stereocenters. The molecule has 0 aliphatic heterocycles. The molecule has 2 N–H and O–H groups in total. The van der Waals surface area contributed by atoms with E-state index in [4.69, 9.17) is 5.73 Å². The van der Waals surface area contributed by atoms with Crippen LogP contribution in [0.15, 0.2) is 0 Å². The number of rotatable bonds is 5. The van der Waals surface area contributed by atoms with E-state index >= 15 is 0 Å². The van der Waals surface area contributed by atoms with Gasteiger partial charge < -0.3 is 5.73 Å². The Morgan fingerprint density at radius 2 is 1.85 bits per heavy atom. The van der Waals surface area contributed by atoms with Gasteiger partial charge in [-0.3, -0.25) is 4.90 Å². The first-order valence-corrected chi connectivity index (χ1v) is 5.38. The van der Waals surface area contributed by atoms with Crippen molar-refractivity contribution in [3.05, 3.63) is 0 Å². The van der Waals surface area contributed by atoms with Gasteiger partial charge in [0.25, 0.3) is 0 Å². The normalized spacial score (nSPS) is 19.6. The van der Waals surface area contributed by atoms with Crippen molar-refractivity contribution in [2.75, 3.05) is 26.3 Å². The fourth-order valence-electron chi connectivity index (χ4n) is 2.20. The van der Waals surface area contributed by atoms with Gasteiger partial charge in [-0.1, -0.05) is 19.3 Å². The van der Waals surface area contributed by atoms with Gasteiger partial charge in [0.15, 0.2) is 0 Å². The number of alkyl halides is 1. The lowest BCUT2D eigenvalue weighted by Gasteiger charge is -2.33. The molecule has 0 aromatic rings. The summed E-state index contributed by atoms with van der Waals surface area (Å²) < 4.78 is 12.2. The zero-order chi connectivity index (χ0) is 9.52. The van der Waals surface area contributed by atoms with Crippen LogP contribution in [0.25, 0.3) is 0 Å². The van der Waals surface area contributed by atoms with Gasteiger partial charge >= 0.3 is 0 Å². The van der Waals surface area contributed by atoms with Crippen molar-refractivity contribution in [1.29, 1.82) is 0 Å². The van der Waals surface area contributed by atoms with Crippen LogP contribution in [0.2, 0.25) is 0 Å². The average molecular weight is 188 g/mol. The molecule has 2 nitrogen and oxygen atoms in total. The van der Waals surface area contributed by atoms with Crippen LogP contribution in [0.1, 0.15) is 32.1 Å². The highest BCUT2D eigenvalue weighted by Crippen LogP contribution is 2.21. The Morgan fingerprint density at radius 1 is 1.15 bits per heavy atom. The fraction of sp³-hybridized carbons (Fsp3) is 1.00. The smallest absolute Gasteiger partial charge is 0.102 e. The van der Waals surface area contributed by atoms with Crippen LogP contribution in [0.3, 0.4) is 0 Å². The summed E-state index contributed by atoms with van der Waals surface area (Å²) in [6, 6.07) is 0.605. The summed E-state index contributed by atoms with van der Waals surface area (Å²) in [7, 11) is 0. The van der Waals surface area contributed by atoms with E-state index in [-0.39, 0.29) is 6.67 Å². The van der Waals surface area contributed by atoms with Gasteiger partial charge in [-0.2, -0.15) is 0 Å². The first-order chi connectivity index (χ1) is 6.38. The highest BCUT2D eigenvalue weighted by Gasteiger charge is 2.19. The monoisotopic (exact) mass is 188 g/mol. The summed E-state index contributed by atoms with van der Waals surface area (Å²) in [4.78, 5) is 2.22. The Morgan fingerprint density at radius 3 is 2.38 bits per heavy atom. The van der Waals surface area contributed by atoms with Crippen LogP contribution < -0.4 is 5.73 Å². The third-order valence-corrected chi connectivity index (χ3v) is 2.88. The maximum absolute atomic E-state index is 12.2. The summed E-state index contributed by atoms with van der Waals surface area (Å²) >= 11 is 0. The standard InChI is InChI=1S/C10H21FN2/c11-6-8-13(9-7-12)10-4-2-1-3-5-10/h10H,1-9,12H2. The average Bonchev–Trinajstić information content (AvgIpc) is 2.19. The lowest BCUT2D eigenvalue weighted by molar-refractivity contribution is 0.149. The van der Waals surface area contributed by atoms with Crippen LogP contribution in [-0.4, -0.2) is 37.3 Å². The molecule has 1 saturated carbocycles. The van der Waals surface area contributed by atoms with Gasteiger partial charge in [-0.15, -0.1) is 0 Å². The second-order valence-corrected chi connectivity index (χ2v) is 3.81. The van der Waals surface area contributed by atoms with E-state index in [0.717, 1.165) is 6.54 Å². The van der Waals surface area contributed by atoms with Crippen molar-refractivity contribution in [1.82, 2.24) is 4.90 Å². The molecule has 1 fully saturated rings. The van der Waals surface area contributed by atoms with E-state index in [2.05, 4.69) is 4.90 Å². The van der Waals surface area contributed by atoms with E-state index in [1.807, 2.05) is 0 Å². The molecule has 0 spiro atoms. The highest BCUT2D eigenvalue weighted by atomic mass is 19.1. The molecule has 3 heteroatoms. The predicted molar refractivity (Wildman–Crippen MR) is 53.5 cm³/mol. The third kappa shape index (κ3) is 3.61. The van der Waals surface area contributed by atoms with Crippen molar-refractivity contribution in [3.63, 3.8) is 0 Å². The molecule has 13 heavy (non-hydrogen) atoms. The van der Waals surface area contributed by atoms with Gasteiger partial charge in [0.2, 0.25) is 0 Å². The van der Waals surface area contributed by atoms with Crippen molar-refractivity contribution in [3.8, 4) is 0 Å². The zero-order valence-corrected chi connectivity index (χ0v) is 8.34. The van der Waals surface area contributed by atoms with E-state index in [1.165, 1.54) is 32.1 Å². The highest BCUT2D eigenvalue weighted by molar-refractivity contribution is 4.75. The lowest BCUT2D eigenvalue weighted by Crippen LogP contribution is -2.41. The Hall–Kier alpha value is -0.150. The molecule has 0 bridgehead atoms. The second-order valence-electron chi connectivity index (χ2n) is 3.81. The molecular weight excluding hydrogens is 167 g/mol. The maximum atomic E-state index is 12.2. The van der Waals surface area contributed by atoms with Crippen molar-refractivity contribution in [2.24, 2.45) is 5.73 Å².